The van der Waals surface area contributed by atoms with E-state index in [2.05, 4.69) is 10.3 Å². The Morgan fingerprint density at radius 1 is 1.17 bits per heavy atom. The van der Waals surface area contributed by atoms with Crippen LogP contribution < -0.4 is 14.8 Å². The summed E-state index contributed by atoms with van der Waals surface area (Å²) in [7, 11) is 1.52. The number of nitrogens with zero attached hydrogens (tertiary/aromatic N) is 2. The minimum absolute atomic E-state index is 0.00181. The number of fused-ring (bicyclic) bond motifs is 2. The van der Waals surface area contributed by atoms with Crippen molar-refractivity contribution in [2.45, 2.75) is 38.3 Å². The van der Waals surface area contributed by atoms with E-state index in [4.69, 9.17) is 13.9 Å². The SMILES string of the molecule is CCOc1ccc2ccc(O[C@H]3C[C@H]4CN(C(=O)O)C(Cc5nc(C(=O)NC)co5)[C@H]4C3)cc2c1. The predicted octanol–water partition coefficient (Wildman–Crippen LogP) is 3.96. The molecular weight excluding hydrogens is 450 g/mol. The van der Waals surface area contributed by atoms with E-state index in [0.717, 1.165) is 35.1 Å². The van der Waals surface area contributed by atoms with Crippen molar-refractivity contribution in [2.75, 3.05) is 20.2 Å². The second-order valence-corrected chi connectivity index (χ2v) is 9.15. The number of rotatable bonds is 7. The number of hydrogen-bond acceptors (Lipinski definition) is 6. The topological polar surface area (TPSA) is 114 Å². The van der Waals surface area contributed by atoms with Crippen LogP contribution in [0.3, 0.4) is 0 Å². The van der Waals surface area contributed by atoms with Gasteiger partial charge >= 0.3 is 6.09 Å². The van der Waals surface area contributed by atoms with Gasteiger partial charge < -0.3 is 29.2 Å². The Hall–Kier alpha value is -3.75. The largest absolute Gasteiger partial charge is 0.494 e. The Morgan fingerprint density at radius 3 is 2.69 bits per heavy atom. The molecule has 2 aromatic carbocycles. The van der Waals surface area contributed by atoms with E-state index in [-0.39, 0.29) is 35.6 Å². The van der Waals surface area contributed by atoms with Gasteiger partial charge in [0.15, 0.2) is 11.6 Å². The van der Waals surface area contributed by atoms with Crippen LogP contribution in [0.4, 0.5) is 4.79 Å². The lowest BCUT2D eigenvalue weighted by molar-refractivity contribution is 0.0957. The van der Waals surface area contributed by atoms with Crippen LogP contribution in [0, 0.1) is 11.8 Å². The molecule has 1 saturated carbocycles. The number of aromatic nitrogens is 1. The van der Waals surface area contributed by atoms with Crippen LogP contribution in [0.2, 0.25) is 0 Å². The second-order valence-electron chi connectivity index (χ2n) is 9.15. The lowest BCUT2D eigenvalue weighted by Gasteiger charge is -2.25. The number of oxazole rings is 1. The van der Waals surface area contributed by atoms with Gasteiger partial charge in [0.05, 0.1) is 12.7 Å². The van der Waals surface area contributed by atoms with Crippen molar-refractivity contribution < 1.29 is 28.6 Å². The zero-order valence-corrected chi connectivity index (χ0v) is 19.8. The van der Waals surface area contributed by atoms with Gasteiger partial charge in [-0.2, -0.15) is 0 Å². The summed E-state index contributed by atoms with van der Waals surface area (Å²) in [4.78, 5) is 29.5. The zero-order chi connectivity index (χ0) is 24.5. The molecule has 0 bridgehead atoms. The molecular formula is C26H29N3O6. The first-order valence-corrected chi connectivity index (χ1v) is 11.9. The molecule has 2 N–H and O–H groups in total. The van der Waals surface area contributed by atoms with Gasteiger partial charge in [-0.05, 0) is 66.6 Å². The first-order chi connectivity index (χ1) is 16.9. The fourth-order valence-corrected chi connectivity index (χ4v) is 5.52. The molecule has 2 fully saturated rings. The Bertz CT molecular complexity index is 1240. The molecule has 2 heterocycles. The number of carboxylic acid groups (broad SMARTS) is 1. The minimum Gasteiger partial charge on any atom is -0.494 e. The van der Waals surface area contributed by atoms with Crippen molar-refractivity contribution in [3.8, 4) is 11.5 Å². The zero-order valence-electron chi connectivity index (χ0n) is 19.8. The highest BCUT2D eigenvalue weighted by atomic mass is 16.5. The molecule has 0 spiro atoms. The van der Waals surface area contributed by atoms with Crippen LogP contribution in [0.15, 0.2) is 47.1 Å². The molecule has 1 aliphatic heterocycles. The van der Waals surface area contributed by atoms with E-state index < -0.39 is 6.09 Å². The summed E-state index contributed by atoms with van der Waals surface area (Å²) in [6.07, 6.45) is 2.23. The Kier molecular flexibility index (Phi) is 6.23. The first-order valence-electron chi connectivity index (χ1n) is 11.9. The Morgan fingerprint density at radius 2 is 1.94 bits per heavy atom. The lowest BCUT2D eigenvalue weighted by atomic mass is 9.92. The molecule has 9 heteroatoms. The molecule has 2 aliphatic rings. The van der Waals surface area contributed by atoms with Crippen LogP contribution in [0.5, 0.6) is 11.5 Å². The molecule has 1 saturated heterocycles. The lowest BCUT2D eigenvalue weighted by Crippen LogP contribution is -2.39. The monoisotopic (exact) mass is 479 g/mol. The molecule has 0 radical (unpaired) electrons. The van der Waals surface area contributed by atoms with Gasteiger partial charge in [-0.1, -0.05) is 12.1 Å². The van der Waals surface area contributed by atoms with Gasteiger partial charge in [-0.3, -0.25) is 4.79 Å². The highest BCUT2D eigenvalue weighted by Gasteiger charge is 2.50. The standard InChI is InChI=1S/C26H29N3O6/c1-3-33-18-6-4-15-5-7-19(9-16(15)8-18)35-20-10-17-13-29(26(31)32)23(21(17)11-20)12-24-28-22(14-34-24)25(30)27-2/h4-9,14,17,20-21,23H,3,10-13H2,1-2H3,(H,27,30)(H,31,32)/t17-,20-,21-,23?/m0/s1. The third kappa shape index (κ3) is 4.62. The second kappa shape index (κ2) is 9.48. The fraction of sp³-hybridized carbons (Fsp3) is 0.423. The van der Waals surface area contributed by atoms with Crippen LogP contribution >= 0.6 is 0 Å². The average molecular weight is 480 g/mol. The van der Waals surface area contributed by atoms with Crippen molar-refractivity contribution in [3.05, 3.63) is 54.2 Å². The number of nitrogens with one attached hydrogen (secondary N) is 1. The molecule has 184 valence electrons. The highest BCUT2D eigenvalue weighted by Crippen LogP contribution is 2.44. The normalized spacial score (nSPS) is 23.3. The molecule has 35 heavy (non-hydrogen) atoms. The first kappa shape index (κ1) is 23.0. The van der Waals surface area contributed by atoms with Gasteiger partial charge in [-0.25, -0.2) is 9.78 Å². The molecule has 4 atom stereocenters. The molecule has 1 unspecified atom stereocenters. The molecule has 3 aromatic rings. The number of likely N-dealkylation sites (tertiary alicyclic amines) is 1. The summed E-state index contributed by atoms with van der Waals surface area (Å²) in [5, 5.41) is 14.5. The van der Waals surface area contributed by atoms with Crippen molar-refractivity contribution >= 4 is 22.8 Å². The van der Waals surface area contributed by atoms with Crippen molar-refractivity contribution in [1.82, 2.24) is 15.2 Å². The summed E-state index contributed by atoms with van der Waals surface area (Å²) in [6, 6.07) is 11.8. The quantitative estimate of drug-likeness (QED) is 0.527. The summed E-state index contributed by atoms with van der Waals surface area (Å²) < 4.78 is 17.5. The number of carbonyl (C=O) groups is 2. The number of carbonyl (C=O) groups excluding carboxylic acids is 1. The average Bonchev–Trinajstić information content (AvgIpc) is 3.55. The highest BCUT2D eigenvalue weighted by molar-refractivity contribution is 5.91. The predicted molar refractivity (Wildman–Crippen MR) is 128 cm³/mol. The van der Waals surface area contributed by atoms with Crippen LogP contribution in [-0.2, 0) is 6.42 Å². The Balaban J connectivity index is 1.29. The number of benzene rings is 2. The van der Waals surface area contributed by atoms with Crippen molar-refractivity contribution in [3.63, 3.8) is 0 Å². The molecule has 1 aromatic heterocycles. The minimum atomic E-state index is -0.945. The van der Waals surface area contributed by atoms with Gasteiger partial charge in [-0.15, -0.1) is 0 Å². The van der Waals surface area contributed by atoms with E-state index in [1.165, 1.54) is 18.2 Å². The van der Waals surface area contributed by atoms with Crippen molar-refractivity contribution in [2.24, 2.45) is 11.8 Å². The van der Waals surface area contributed by atoms with E-state index in [0.29, 0.717) is 25.5 Å². The summed E-state index contributed by atoms with van der Waals surface area (Å²) in [5.74, 6) is 2.00. The van der Waals surface area contributed by atoms with Crippen LogP contribution in [0.25, 0.3) is 10.8 Å². The van der Waals surface area contributed by atoms with E-state index in [9.17, 15) is 14.7 Å². The maximum Gasteiger partial charge on any atom is 0.407 e. The summed E-state index contributed by atoms with van der Waals surface area (Å²) in [5.41, 5.74) is 0.190. The van der Waals surface area contributed by atoms with Gasteiger partial charge in [0.2, 0.25) is 0 Å². The summed E-state index contributed by atoms with van der Waals surface area (Å²) in [6.45, 7) is 3.03. The Labute approximate surface area is 203 Å². The van der Waals surface area contributed by atoms with Crippen molar-refractivity contribution in [1.29, 1.82) is 0 Å². The fourth-order valence-electron chi connectivity index (χ4n) is 5.52. The number of hydrogen-bond donors (Lipinski definition) is 2. The van der Waals surface area contributed by atoms with Gasteiger partial charge in [0, 0.05) is 26.1 Å². The van der Waals surface area contributed by atoms with Gasteiger partial charge in [0.25, 0.3) is 5.91 Å². The van der Waals surface area contributed by atoms with Gasteiger partial charge in [0.1, 0.15) is 17.8 Å². The number of ether oxygens (including phenoxy) is 2. The van der Waals surface area contributed by atoms with E-state index >= 15 is 0 Å². The van der Waals surface area contributed by atoms with Crippen LogP contribution in [0.1, 0.15) is 36.1 Å². The smallest absolute Gasteiger partial charge is 0.407 e. The third-order valence-corrected chi connectivity index (χ3v) is 7.07. The van der Waals surface area contributed by atoms with E-state index in [1.807, 2.05) is 43.3 Å². The molecule has 2 amide bonds. The molecule has 1 aliphatic carbocycles. The summed E-state index contributed by atoms with van der Waals surface area (Å²) >= 11 is 0. The third-order valence-electron chi connectivity index (χ3n) is 7.07. The van der Waals surface area contributed by atoms with Crippen LogP contribution in [-0.4, -0.2) is 59.3 Å². The molecule has 5 rings (SSSR count). The maximum atomic E-state index is 11.9. The maximum absolute atomic E-state index is 11.9. The molecule has 9 nitrogen and oxygen atoms in total. The number of amides is 2. The van der Waals surface area contributed by atoms with E-state index in [1.54, 1.807) is 0 Å².